The molecule has 0 aromatic carbocycles. The van der Waals surface area contributed by atoms with Gasteiger partial charge in [-0.15, -0.1) is 0 Å². The van der Waals surface area contributed by atoms with Crippen LogP contribution >= 0.6 is 12.2 Å². The number of carbonyl (C=O) groups is 1. The number of allylic oxidation sites excluding steroid dienone is 3. The molecule has 0 saturated carbocycles. The lowest BCUT2D eigenvalue weighted by atomic mass is 9.78. The summed E-state index contributed by atoms with van der Waals surface area (Å²) in [7, 11) is 0. The van der Waals surface area contributed by atoms with Gasteiger partial charge in [-0.05, 0) is 87.1 Å². The first-order chi connectivity index (χ1) is 19.5. The molecule has 6 heteroatoms. The molecule has 0 amide bonds. The molecule has 2 rings (SSSR count). The van der Waals surface area contributed by atoms with Crippen molar-refractivity contribution in [2.45, 2.75) is 146 Å². The smallest absolute Gasteiger partial charge is 0.306 e. The topological polar surface area (TPSA) is 60.1 Å². The van der Waals surface area contributed by atoms with E-state index in [-0.39, 0.29) is 46.9 Å². The van der Waals surface area contributed by atoms with Crippen molar-refractivity contribution in [3.8, 4) is 0 Å². The molecule has 8 unspecified atom stereocenters. The monoisotopic (exact) mass is 603 g/mol. The maximum Gasteiger partial charge on any atom is 0.306 e. The molecule has 0 spiro atoms. The van der Waals surface area contributed by atoms with Crippen LogP contribution in [-0.4, -0.2) is 41.6 Å². The molecule has 0 aliphatic carbocycles. The summed E-state index contributed by atoms with van der Waals surface area (Å²) in [5.41, 5.74) is 0.882. The van der Waals surface area contributed by atoms with Crippen LogP contribution in [0, 0.1) is 34.5 Å². The zero-order valence-electron chi connectivity index (χ0n) is 28.7. The average molecular weight is 604 g/mol. The van der Waals surface area contributed by atoms with E-state index in [0.29, 0.717) is 35.6 Å². The minimum Gasteiger partial charge on any atom is -0.463 e. The van der Waals surface area contributed by atoms with Crippen molar-refractivity contribution in [2.24, 2.45) is 34.5 Å². The van der Waals surface area contributed by atoms with E-state index < -0.39 is 0 Å². The van der Waals surface area contributed by atoms with Gasteiger partial charge in [-0.3, -0.25) is 4.79 Å². The highest BCUT2D eigenvalue weighted by atomic mass is 32.1. The maximum absolute atomic E-state index is 13.0. The SMILES string of the molecule is CCC(C)C(C)C1OC1CC(C)(C)/C=C/C=C(\C)C1OC(=O)CC(C)CCC(C)(C)C(OC(=S)NC(C)C)/C=C/C1C. The summed E-state index contributed by atoms with van der Waals surface area (Å²) in [6.45, 7) is 26.3. The van der Waals surface area contributed by atoms with E-state index in [0.717, 1.165) is 24.8 Å². The minimum atomic E-state index is -0.356. The van der Waals surface area contributed by atoms with Crippen LogP contribution in [-0.2, 0) is 19.0 Å². The Morgan fingerprint density at radius 3 is 2.50 bits per heavy atom. The molecule has 2 aliphatic rings. The van der Waals surface area contributed by atoms with Crippen LogP contribution in [0.1, 0.15) is 115 Å². The minimum absolute atomic E-state index is 0.00802. The Hall–Kier alpha value is -1.66. The van der Waals surface area contributed by atoms with Crippen LogP contribution in [0.5, 0.6) is 0 Å². The summed E-state index contributed by atoms with van der Waals surface area (Å²) in [6, 6.07) is 0.205. The largest absolute Gasteiger partial charge is 0.463 e. The second-order valence-electron chi connectivity index (χ2n) is 15.0. The Bertz CT molecular complexity index is 981. The summed E-state index contributed by atoms with van der Waals surface area (Å²) < 4.78 is 18.5. The molecule has 0 aromatic rings. The molecule has 42 heavy (non-hydrogen) atoms. The van der Waals surface area contributed by atoms with Gasteiger partial charge in [0.1, 0.15) is 12.2 Å². The first kappa shape index (κ1) is 36.5. The number of hydrogen-bond acceptors (Lipinski definition) is 5. The molecule has 5 nitrogen and oxygen atoms in total. The maximum atomic E-state index is 13.0. The molecule has 1 saturated heterocycles. The first-order valence-corrected chi connectivity index (χ1v) is 16.7. The van der Waals surface area contributed by atoms with Crippen LogP contribution in [0.3, 0.4) is 0 Å². The van der Waals surface area contributed by atoms with E-state index in [1.165, 1.54) is 6.42 Å². The molecule has 0 radical (unpaired) electrons. The van der Waals surface area contributed by atoms with E-state index in [1.807, 2.05) is 0 Å². The highest BCUT2D eigenvalue weighted by molar-refractivity contribution is 7.80. The average Bonchev–Trinajstić information content (AvgIpc) is 3.64. The van der Waals surface area contributed by atoms with E-state index in [4.69, 9.17) is 26.4 Å². The van der Waals surface area contributed by atoms with E-state index in [1.54, 1.807) is 0 Å². The Morgan fingerprint density at radius 1 is 1.21 bits per heavy atom. The van der Waals surface area contributed by atoms with Gasteiger partial charge in [-0.1, -0.05) is 93.0 Å². The zero-order valence-corrected chi connectivity index (χ0v) is 29.5. The molecule has 2 aliphatic heterocycles. The molecule has 8 atom stereocenters. The van der Waals surface area contributed by atoms with Crippen LogP contribution in [0.4, 0.5) is 0 Å². The summed E-state index contributed by atoms with van der Waals surface area (Å²) in [4.78, 5) is 13.0. The second kappa shape index (κ2) is 15.9. The number of ether oxygens (including phenoxy) is 3. The van der Waals surface area contributed by atoms with Gasteiger partial charge in [0.05, 0.1) is 12.2 Å². The van der Waals surface area contributed by atoms with E-state index >= 15 is 0 Å². The standard InChI is InChI=1S/C36H61NO4S/c1-13-25(5)28(8)33-29(39-33)22-35(9,10)19-14-15-26(6)32-27(7)16-17-30(40-34(42)37-23(2)3)36(11,12)20-18-24(4)21-31(38)41-32/h14-17,19,23-25,27-30,32-33H,13,18,20-22H2,1-12H3,(H,37,42)/b17-16+,19-14+,26-15+. The summed E-state index contributed by atoms with van der Waals surface area (Å²) in [6.07, 6.45) is 15.3. The zero-order chi connectivity index (χ0) is 31.8. The number of hydrogen-bond donors (Lipinski definition) is 1. The number of nitrogens with one attached hydrogen (secondary N) is 1. The van der Waals surface area contributed by atoms with Gasteiger partial charge in [-0.2, -0.15) is 0 Å². The fourth-order valence-corrected chi connectivity index (χ4v) is 6.13. The number of epoxide rings is 1. The number of rotatable bonds is 10. The van der Waals surface area contributed by atoms with Crippen LogP contribution < -0.4 is 5.32 Å². The van der Waals surface area contributed by atoms with Crippen molar-refractivity contribution >= 4 is 23.4 Å². The fraction of sp³-hybridized carbons (Fsp3) is 0.778. The Morgan fingerprint density at radius 2 is 1.88 bits per heavy atom. The van der Waals surface area contributed by atoms with Gasteiger partial charge < -0.3 is 19.5 Å². The van der Waals surface area contributed by atoms with Crippen molar-refractivity contribution in [3.05, 3.63) is 36.0 Å². The van der Waals surface area contributed by atoms with Gasteiger partial charge in [0.25, 0.3) is 5.17 Å². The molecular weight excluding hydrogens is 542 g/mol. The van der Waals surface area contributed by atoms with Gasteiger partial charge in [0.2, 0.25) is 0 Å². The molecule has 1 N–H and O–H groups in total. The first-order valence-electron chi connectivity index (χ1n) is 16.3. The number of esters is 1. The second-order valence-corrected chi connectivity index (χ2v) is 15.3. The Balaban J connectivity index is 2.21. The molecule has 1 fully saturated rings. The quantitative estimate of drug-likeness (QED) is 0.0884. The number of thiocarbonyl (C=S) groups is 1. The van der Waals surface area contributed by atoms with Crippen molar-refractivity contribution in [3.63, 3.8) is 0 Å². The van der Waals surface area contributed by atoms with Crippen molar-refractivity contribution in [1.29, 1.82) is 0 Å². The van der Waals surface area contributed by atoms with Gasteiger partial charge >= 0.3 is 5.97 Å². The third-order valence-corrected chi connectivity index (χ3v) is 9.51. The molecule has 240 valence electrons. The molecule has 0 aromatic heterocycles. The van der Waals surface area contributed by atoms with Crippen LogP contribution in [0.2, 0.25) is 0 Å². The van der Waals surface area contributed by atoms with Crippen LogP contribution in [0.15, 0.2) is 36.0 Å². The van der Waals surface area contributed by atoms with Crippen molar-refractivity contribution in [1.82, 2.24) is 5.32 Å². The van der Waals surface area contributed by atoms with E-state index in [2.05, 4.69) is 119 Å². The van der Waals surface area contributed by atoms with E-state index in [9.17, 15) is 4.79 Å². The number of cyclic esters (lactones) is 1. The third-order valence-electron chi connectivity index (χ3n) is 9.30. The lowest BCUT2D eigenvalue weighted by molar-refractivity contribution is -0.149. The highest BCUT2D eigenvalue weighted by Crippen LogP contribution is 2.41. The van der Waals surface area contributed by atoms with Gasteiger partial charge in [-0.25, -0.2) is 0 Å². The predicted molar refractivity (Wildman–Crippen MR) is 179 cm³/mol. The Kier molecular flexibility index (Phi) is 13.8. The molecular formula is C36H61NO4S. The van der Waals surface area contributed by atoms with Crippen molar-refractivity contribution in [2.75, 3.05) is 0 Å². The number of carbonyl (C=O) groups excluding carboxylic acids is 1. The summed E-state index contributed by atoms with van der Waals surface area (Å²) >= 11 is 5.52. The summed E-state index contributed by atoms with van der Waals surface area (Å²) in [5, 5.41) is 3.64. The molecule has 0 bridgehead atoms. The predicted octanol–water partition coefficient (Wildman–Crippen LogP) is 8.97. The van der Waals surface area contributed by atoms with Crippen molar-refractivity contribution < 1.29 is 19.0 Å². The van der Waals surface area contributed by atoms with Crippen LogP contribution in [0.25, 0.3) is 0 Å². The van der Waals surface area contributed by atoms with Gasteiger partial charge in [0.15, 0.2) is 0 Å². The lowest BCUT2D eigenvalue weighted by Crippen LogP contribution is -2.39. The molecule has 2 heterocycles. The normalized spacial score (nSPS) is 31.5. The third kappa shape index (κ3) is 11.8. The fourth-order valence-electron chi connectivity index (χ4n) is 5.79. The van der Waals surface area contributed by atoms with Gasteiger partial charge in [0, 0.05) is 23.8 Å². The Labute approximate surface area is 263 Å². The summed E-state index contributed by atoms with van der Waals surface area (Å²) in [5.74, 6) is 1.33. The highest BCUT2D eigenvalue weighted by Gasteiger charge is 2.46. The lowest BCUT2D eigenvalue weighted by Gasteiger charge is -2.35.